The molecule has 102 valence electrons. The smallest absolute Gasteiger partial charge is 0.193 e. The number of hydrogen-bond acceptors (Lipinski definition) is 1. The van der Waals surface area contributed by atoms with Gasteiger partial charge in [0.1, 0.15) is 0 Å². The molecule has 0 aliphatic heterocycles. The Kier molecular flexibility index (Phi) is 3.92. The predicted octanol–water partition coefficient (Wildman–Crippen LogP) is 4.84. The van der Waals surface area contributed by atoms with Crippen molar-refractivity contribution in [3.8, 4) is 0 Å². The molecule has 1 aliphatic carbocycles. The second kappa shape index (κ2) is 6.19. The van der Waals surface area contributed by atoms with E-state index in [1.807, 2.05) is 66.8 Å². The van der Waals surface area contributed by atoms with Crippen molar-refractivity contribution in [2.75, 3.05) is 0 Å². The van der Waals surface area contributed by atoms with E-state index < -0.39 is 0 Å². The van der Waals surface area contributed by atoms with Gasteiger partial charge in [0.15, 0.2) is 5.78 Å². The molecule has 0 heterocycles. The Morgan fingerprint density at radius 3 is 2.29 bits per heavy atom. The van der Waals surface area contributed by atoms with Gasteiger partial charge in [-0.2, -0.15) is 0 Å². The van der Waals surface area contributed by atoms with Crippen LogP contribution in [0.3, 0.4) is 0 Å². The van der Waals surface area contributed by atoms with E-state index in [4.69, 9.17) is 0 Å². The number of Topliss-reactive ketones (excluding diaryl/α,β-unsaturated/α-hetero) is 1. The molecule has 0 amide bonds. The van der Waals surface area contributed by atoms with Crippen LogP contribution in [-0.4, -0.2) is 5.78 Å². The van der Waals surface area contributed by atoms with Crippen molar-refractivity contribution >= 4 is 11.9 Å². The first-order valence-electron chi connectivity index (χ1n) is 7.06. The van der Waals surface area contributed by atoms with Crippen molar-refractivity contribution in [3.05, 3.63) is 101 Å². The maximum Gasteiger partial charge on any atom is 0.193 e. The number of carbonyl (C=O) groups is 1. The lowest BCUT2D eigenvalue weighted by Gasteiger charge is -2.09. The second-order valence-corrected chi connectivity index (χ2v) is 5.03. The number of carbonyl (C=O) groups excluding carboxylic acids is 1. The normalized spacial score (nSPS) is 15.8. The van der Waals surface area contributed by atoms with Gasteiger partial charge < -0.3 is 0 Å². The molecule has 21 heavy (non-hydrogen) atoms. The molecule has 0 aromatic heterocycles. The van der Waals surface area contributed by atoms with E-state index in [0.717, 1.165) is 28.7 Å². The molecule has 1 nitrogen and oxygen atoms in total. The second-order valence-electron chi connectivity index (χ2n) is 5.03. The van der Waals surface area contributed by atoms with E-state index in [2.05, 4.69) is 18.2 Å². The van der Waals surface area contributed by atoms with Gasteiger partial charge in [0, 0.05) is 11.1 Å². The lowest BCUT2D eigenvalue weighted by molar-refractivity contribution is 0.103. The Balaban J connectivity index is 1.88. The van der Waals surface area contributed by atoms with Crippen molar-refractivity contribution in [1.82, 2.24) is 0 Å². The number of rotatable bonds is 3. The summed E-state index contributed by atoms with van der Waals surface area (Å²) in [5.74, 6) is 0.0745. The fraction of sp³-hybridized carbons (Fsp3) is 0.0500. The zero-order chi connectivity index (χ0) is 14.5. The maximum absolute atomic E-state index is 12.5. The Morgan fingerprint density at radius 1 is 0.905 bits per heavy atom. The van der Waals surface area contributed by atoms with Crippen LogP contribution in [-0.2, 0) is 0 Å². The van der Waals surface area contributed by atoms with Crippen LogP contribution in [0.25, 0.3) is 6.08 Å². The van der Waals surface area contributed by atoms with Gasteiger partial charge in [-0.15, -0.1) is 0 Å². The van der Waals surface area contributed by atoms with Crippen molar-refractivity contribution in [2.24, 2.45) is 0 Å². The van der Waals surface area contributed by atoms with Crippen LogP contribution in [0, 0.1) is 0 Å². The highest BCUT2D eigenvalue weighted by atomic mass is 16.1. The van der Waals surface area contributed by atoms with Crippen LogP contribution in [0.15, 0.2) is 90.0 Å². The fourth-order valence-electron chi connectivity index (χ4n) is 2.39. The minimum atomic E-state index is 0.0745. The monoisotopic (exact) mass is 272 g/mol. The molecule has 1 aliphatic rings. The van der Waals surface area contributed by atoms with E-state index in [1.165, 1.54) is 0 Å². The third-order valence-electron chi connectivity index (χ3n) is 3.44. The van der Waals surface area contributed by atoms with Gasteiger partial charge in [-0.3, -0.25) is 4.79 Å². The van der Waals surface area contributed by atoms with Gasteiger partial charge in [0.2, 0.25) is 0 Å². The Labute approximate surface area is 124 Å². The largest absolute Gasteiger partial charge is 0.289 e. The third-order valence-corrected chi connectivity index (χ3v) is 3.44. The standard InChI is InChI=1S/C20H16O/c21-20(18-11-5-2-6-12-18)19-13-7-10-17(15-19)14-16-8-3-1-4-9-16/h1-9,11-15H,10H2. The van der Waals surface area contributed by atoms with Crippen molar-refractivity contribution in [3.63, 3.8) is 0 Å². The summed E-state index contributed by atoms with van der Waals surface area (Å²) >= 11 is 0. The SMILES string of the molecule is O=C(C1=CC(=Cc2ccccc2)CC=C1)c1ccccc1. The molecule has 2 aromatic carbocycles. The van der Waals surface area contributed by atoms with Gasteiger partial charge in [0.25, 0.3) is 0 Å². The first-order chi connectivity index (χ1) is 10.3. The molecule has 1 heteroatoms. The molecular formula is C20H16O. The van der Waals surface area contributed by atoms with Crippen molar-refractivity contribution < 1.29 is 4.79 Å². The summed E-state index contributed by atoms with van der Waals surface area (Å²) in [7, 11) is 0. The maximum atomic E-state index is 12.5. The quantitative estimate of drug-likeness (QED) is 0.731. The zero-order valence-electron chi connectivity index (χ0n) is 11.7. The molecular weight excluding hydrogens is 256 g/mol. The predicted molar refractivity (Wildman–Crippen MR) is 87.0 cm³/mol. The van der Waals surface area contributed by atoms with Crippen LogP contribution in [0.2, 0.25) is 0 Å². The van der Waals surface area contributed by atoms with Crippen molar-refractivity contribution in [2.45, 2.75) is 6.42 Å². The van der Waals surface area contributed by atoms with Crippen LogP contribution < -0.4 is 0 Å². The highest BCUT2D eigenvalue weighted by Gasteiger charge is 2.12. The minimum absolute atomic E-state index is 0.0745. The van der Waals surface area contributed by atoms with Crippen LogP contribution in [0.5, 0.6) is 0 Å². The highest BCUT2D eigenvalue weighted by molar-refractivity contribution is 6.11. The van der Waals surface area contributed by atoms with E-state index in [1.54, 1.807) is 0 Å². The summed E-state index contributed by atoms with van der Waals surface area (Å²) in [5.41, 5.74) is 3.79. The van der Waals surface area contributed by atoms with E-state index >= 15 is 0 Å². The van der Waals surface area contributed by atoms with Gasteiger partial charge in [-0.1, -0.05) is 78.9 Å². The Morgan fingerprint density at radius 2 is 1.57 bits per heavy atom. The number of ketones is 1. The summed E-state index contributed by atoms with van der Waals surface area (Å²) in [6.07, 6.45) is 8.94. The summed E-state index contributed by atoms with van der Waals surface area (Å²) in [6, 6.07) is 19.6. The minimum Gasteiger partial charge on any atom is -0.289 e. The molecule has 0 N–H and O–H groups in total. The van der Waals surface area contributed by atoms with E-state index in [-0.39, 0.29) is 5.78 Å². The average Bonchev–Trinajstić information content (AvgIpc) is 2.56. The molecule has 0 saturated heterocycles. The molecule has 0 fully saturated rings. The van der Waals surface area contributed by atoms with Gasteiger partial charge in [-0.25, -0.2) is 0 Å². The molecule has 0 saturated carbocycles. The number of benzene rings is 2. The van der Waals surface area contributed by atoms with Crippen molar-refractivity contribution in [1.29, 1.82) is 0 Å². The van der Waals surface area contributed by atoms with Crippen LogP contribution in [0.1, 0.15) is 22.3 Å². The number of allylic oxidation sites excluding steroid dienone is 5. The molecule has 0 bridgehead atoms. The molecule has 0 spiro atoms. The van der Waals surface area contributed by atoms with E-state index in [9.17, 15) is 4.79 Å². The first-order valence-corrected chi connectivity index (χ1v) is 7.06. The molecule has 0 unspecified atom stereocenters. The lowest BCUT2D eigenvalue weighted by atomic mass is 9.94. The summed E-state index contributed by atoms with van der Waals surface area (Å²) in [4.78, 5) is 12.5. The van der Waals surface area contributed by atoms with Gasteiger partial charge >= 0.3 is 0 Å². The molecule has 0 atom stereocenters. The molecule has 3 rings (SSSR count). The third kappa shape index (κ3) is 3.26. The first kappa shape index (κ1) is 13.3. The van der Waals surface area contributed by atoms with Crippen LogP contribution in [0.4, 0.5) is 0 Å². The summed E-state index contributed by atoms with van der Waals surface area (Å²) < 4.78 is 0. The topological polar surface area (TPSA) is 17.1 Å². The average molecular weight is 272 g/mol. The highest BCUT2D eigenvalue weighted by Crippen LogP contribution is 2.21. The molecule has 0 radical (unpaired) electrons. The van der Waals surface area contributed by atoms with Gasteiger partial charge in [-0.05, 0) is 23.6 Å². The summed E-state index contributed by atoms with van der Waals surface area (Å²) in [5, 5.41) is 0. The lowest BCUT2D eigenvalue weighted by Crippen LogP contribution is -2.03. The fourth-order valence-corrected chi connectivity index (χ4v) is 2.39. The van der Waals surface area contributed by atoms with Crippen LogP contribution >= 0.6 is 0 Å². The molecule has 2 aromatic rings. The zero-order valence-corrected chi connectivity index (χ0v) is 11.7. The van der Waals surface area contributed by atoms with E-state index in [0.29, 0.717) is 0 Å². The summed E-state index contributed by atoms with van der Waals surface area (Å²) in [6.45, 7) is 0. The number of hydrogen-bond donors (Lipinski definition) is 0. The Hall–Kier alpha value is -2.67. The Bertz CT molecular complexity index is 719. The van der Waals surface area contributed by atoms with Gasteiger partial charge in [0.05, 0.1) is 0 Å².